The van der Waals surface area contributed by atoms with Crippen LogP contribution in [0.4, 0.5) is 5.69 Å². The van der Waals surface area contributed by atoms with Gasteiger partial charge in [0.05, 0.1) is 4.92 Å². The maximum absolute atomic E-state index is 12.2. The number of nitro benzene ring substituents is 1. The zero-order valence-corrected chi connectivity index (χ0v) is 14.3. The van der Waals surface area contributed by atoms with E-state index in [0.29, 0.717) is 6.54 Å². The zero-order chi connectivity index (χ0) is 16.0. The van der Waals surface area contributed by atoms with Crippen molar-refractivity contribution in [2.45, 2.75) is 26.7 Å². The Bertz CT molecular complexity index is 525. The van der Waals surface area contributed by atoms with E-state index >= 15 is 0 Å². The van der Waals surface area contributed by atoms with Crippen LogP contribution in [0, 0.1) is 15.5 Å². The second-order valence-electron chi connectivity index (χ2n) is 4.94. The number of carbonyl (C=O) groups excluding carboxylic acids is 1. The normalized spacial score (nSPS) is 11.2. The second kappa shape index (κ2) is 7.75. The highest BCUT2D eigenvalue weighted by atomic mass is 79.9. The third-order valence-electron chi connectivity index (χ3n) is 3.81. The molecule has 0 unspecified atom stereocenters. The minimum atomic E-state index is -0.599. The first kappa shape index (κ1) is 17.9. The van der Waals surface area contributed by atoms with Gasteiger partial charge in [0.25, 0.3) is 11.6 Å². The van der Waals surface area contributed by atoms with Crippen LogP contribution in [0.15, 0.2) is 18.2 Å². The Labute approximate surface area is 137 Å². The lowest BCUT2D eigenvalue weighted by atomic mass is 9.84. The van der Waals surface area contributed by atoms with Crippen molar-refractivity contribution in [2.24, 2.45) is 5.41 Å². The number of rotatable bonds is 7. The van der Waals surface area contributed by atoms with E-state index in [1.54, 1.807) is 0 Å². The highest BCUT2D eigenvalue weighted by Crippen LogP contribution is 2.28. The summed E-state index contributed by atoms with van der Waals surface area (Å²) in [7, 11) is 0. The van der Waals surface area contributed by atoms with Gasteiger partial charge in [-0.2, -0.15) is 0 Å². The summed E-state index contributed by atoms with van der Waals surface area (Å²) in [6.45, 7) is 4.58. The van der Waals surface area contributed by atoms with Gasteiger partial charge in [0, 0.05) is 23.0 Å². The van der Waals surface area contributed by atoms with Crippen LogP contribution in [0.1, 0.15) is 37.0 Å². The van der Waals surface area contributed by atoms with Gasteiger partial charge >= 0.3 is 0 Å². The van der Waals surface area contributed by atoms with Crippen molar-refractivity contribution in [2.75, 3.05) is 11.9 Å². The number of amides is 1. The van der Waals surface area contributed by atoms with Gasteiger partial charge in [0.1, 0.15) is 5.56 Å². The Balaban J connectivity index is 2.93. The molecule has 116 valence electrons. The molecule has 1 amide bonds. The van der Waals surface area contributed by atoms with Crippen molar-refractivity contribution in [3.05, 3.63) is 38.9 Å². The average molecular weight is 378 g/mol. The molecule has 1 aromatic carbocycles. The minimum absolute atomic E-state index is 0.0279. The Morgan fingerprint density at radius 2 is 2.05 bits per heavy atom. The summed E-state index contributed by atoms with van der Waals surface area (Å²) in [6.07, 6.45) is 1.80. The fourth-order valence-electron chi connectivity index (χ4n) is 1.95. The van der Waals surface area contributed by atoms with Crippen LogP contribution in [0.5, 0.6) is 0 Å². The fraction of sp³-hybridized carbons (Fsp3) is 0.500. The quantitative estimate of drug-likeness (QED) is 0.440. The summed E-state index contributed by atoms with van der Waals surface area (Å²) in [4.78, 5) is 22.6. The van der Waals surface area contributed by atoms with Crippen LogP contribution in [0.3, 0.4) is 0 Å². The number of hydrogen-bond acceptors (Lipinski definition) is 3. The molecule has 0 aliphatic rings. The van der Waals surface area contributed by atoms with E-state index in [0.717, 1.165) is 18.2 Å². The molecule has 0 bridgehead atoms. The predicted molar refractivity (Wildman–Crippen MR) is 87.2 cm³/mol. The molecule has 1 N–H and O–H groups in total. The summed E-state index contributed by atoms with van der Waals surface area (Å²) in [5.74, 6) is -0.453. The molecule has 1 aromatic rings. The third-order valence-corrected chi connectivity index (χ3v) is 5.23. The van der Waals surface area contributed by atoms with E-state index < -0.39 is 10.8 Å². The number of nitrogens with zero attached hydrogens (tertiary/aromatic N) is 1. The van der Waals surface area contributed by atoms with Gasteiger partial charge in [0.15, 0.2) is 0 Å². The molecule has 0 radical (unpaired) electrons. The average Bonchev–Trinajstić information content (AvgIpc) is 2.48. The Morgan fingerprint density at radius 1 is 1.43 bits per heavy atom. The molecule has 0 aliphatic heterocycles. The van der Waals surface area contributed by atoms with Gasteiger partial charge in [0.2, 0.25) is 0 Å². The number of nitro groups is 1. The summed E-state index contributed by atoms with van der Waals surface area (Å²) in [5, 5.41) is 14.8. The molecule has 0 saturated heterocycles. The molecule has 5 nitrogen and oxygen atoms in total. The monoisotopic (exact) mass is 376 g/mol. The molecule has 0 heterocycles. The topological polar surface area (TPSA) is 72.2 Å². The van der Waals surface area contributed by atoms with Gasteiger partial charge in [-0.05, 0) is 30.4 Å². The minimum Gasteiger partial charge on any atom is -0.351 e. The van der Waals surface area contributed by atoms with Crippen LogP contribution >= 0.6 is 27.5 Å². The van der Waals surface area contributed by atoms with Gasteiger partial charge in [-0.25, -0.2) is 0 Å². The molecule has 21 heavy (non-hydrogen) atoms. The molecule has 0 saturated carbocycles. The molecule has 0 spiro atoms. The first-order valence-electron chi connectivity index (χ1n) is 6.67. The maximum Gasteiger partial charge on any atom is 0.283 e. The molecule has 0 aliphatic carbocycles. The van der Waals surface area contributed by atoms with Gasteiger partial charge in [-0.1, -0.05) is 41.4 Å². The molecule has 0 fully saturated rings. The van der Waals surface area contributed by atoms with Crippen LogP contribution in [-0.2, 0) is 0 Å². The third kappa shape index (κ3) is 4.41. The smallest absolute Gasteiger partial charge is 0.283 e. The molecular formula is C14H18BrClN2O3. The summed E-state index contributed by atoms with van der Waals surface area (Å²) in [6, 6.07) is 4.04. The van der Waals surface area contributed by atoms with Gasteiger partial charge in [-0.15, -0.1) is 0 Å². The Hall–Kier alpha value is -1.14. The molecule has 1 rings (SSSR count). The highest BCUT2D eigenvalue weighted by molar-refractivity contribution is 9.09. The standard InChI is InChI=1S/C14H18BrClN2O3/c1-3-14(4-2,8-15)9-17-13(19)11-6-5-10(16)7-12(11)18(20)21/h5-7H,3-4,8-9H2,1-2H3,(H,17,19). The predicted octanol–water partition coefficient (Wildman–Crippen LogP) is 4.18. The number of nitrogens with one attached hydrogen (secondary N) is 1. The molecule has 0 atom stereocenters. The van der Waals surface area contributed by atoms with Crippen molar-refractivity contribution in [3.63, 3.8) is 0 Å². The first-order chi connectivity index (χ1) is 9.89. The van der Waals surface area contributed by atoms with E-state index in [1.807, 2.05) is 0 Å². The second-order valence-corrected chi connectivity index (χ2v) is 5.94. The SMILES string of the molecule is CCC(CC)(CBr)CNC(=O)c1ccc(Cl)cc1[N+](=O)[O-]. The highest BCUT2D eigenvalue weighted by Gasteiger charge is 2.27. The lowest BCUT2D eigenvalue weighted by Crippen LogP contribution is -2.38. The van der Waals surface area contributed by atoms with Crippen LogP contribution < -0.4 is 5.32 Å². The first-order valence-corrected chi connectivity index (χ1v) is 8.17. The van der Waals surface area contributed by atoms with Gasteiger partial charge in [-0.3, -0.25) is 14.9 Å². The maximum atomic E-state index is 12.2. The van der Waals surface area contributed by atoms with E-state index in [1.165, 1.54) is 18.2 Å². The lowest BCUT2D eigenvalue weighted by molar-refractivity contribution is -0.385. The lowest BCUT2D eigenvalue weighted by Gasteiger charge is -2.29. The Kier molecular flexibility index (Phi) is 6.61. The summed E-state index contributed by atoms with van der Waals surface area (Å²) in [5.41, 5.74) is -0.297. The van der Waals surface area contributed by atoms with Crippen LogP contribution in [0.2, 0.25) is 5.02 Å². The van der Waals surface area contributed by atoms with Crippen molar-refractivity contribution in [1.82, 2.24) is 5.32 Å². The molecule has 7 heteroatoms. The van der Waals surface area contributed by atoms with Crippen LogP contribution in [-0.4, -0.2) is 22.7 Å². The van der Waals surface area contributed by atoms with Crippen molar-refractivity contribution in [3.8, 4) is 0 Å². The van der Waals surface area contributed by atoms with E-state index in [4.69, 9.17) is 11.6 Å². The zero-order valence-electron chi connectivity index (χ0n) is 12.0. The van der Waals surface area contributed by atoms with Crippen LogP contribution in [0.25, 0.3) is 0 Å². The van der Waals surface area contributed by atoms with E-state index in [2.05, 4.69) is 35.1 Å². The van der Waals surface area contributed by atoms with Crippen molar-refractivity contribution in [1.29, 1.82) is 0 Å². The molecular weight excluding hydrogens is 360 g/mol. The Morgan fingerprint density at radius 3 is 2.52 bits per heavy atom. The number of alkyl halides is 1. The van der Waals surface area contributed by atoms with E-state index in [-0.39, 0.29) is 21.7 Å². The van der Waals surface area contributed by atoms with Crippen molar-refractivity contribution < 1.29 is 9.72 Å². The van der Waals surface area contributed by atoms with Crippen molar-refractivity contribution >= 4 is 39.1 Å². The number of benzene rings is 1. The summed E-state index contributed by atoms with van der Waals surface area (Å²) >= 11 is 9.21. The summed E-state index contributed by atoms with van der Waals surface area (Å²) < 4.78 is 0. The molecule has 0 aromatic heterocycles. The van der Waals surface area contributed by atoms with Gasteiger partial charge < -0.3 is 5.32 Å². The number of halogens is 2. The largest absolute Gasteiger partial charge is 0.351 e. The number of carbonyl (C=O) groups is 1. The fourth-order valence-corrected chi connectivity index (χ4v) is 3.10. The number of hydrogen-bond donors (Lipinski definition) is 1. The van der Waals surface area contributed by atoms with E-state index in [9.17, 15) is 14.9 Å².